The molecule has 0 atom stereocenters. The Labute approximate surface area is 71.8 Å². The highest BCUT2D eigenvalue weighted by molar-refractivity contribution is 6.34. The molecule has 0 saturated heterocycles. The molecule has 1 rings (SSSR count). The van der Waals surface area contributed by atoms with E-state index in [0.29, 0.717) is 11.0 Å². The van der Waals surface area contributed by atoms with Crippen molar-refractivity contribution in [1.29, 1.82) is 5.41 Å². The maximum Gasteiger partial charge on any atom is 0.132 e. The lowest BCUT2D eigenvalue weighted by Gasteiger charge is -2.05. The number of hydrogen-bond donors (Lipinski definition) is 1. The molecule has 0 fully saturated rings. The Hall–Kier alpha value is -1.38. The molecule has 0 amide bonds. The lowest BCUT2D eigenvalue weighted by Crippen LogP contribution is -2.11. The molecular weight excluding hydrogens is 152 g/mol. The Balaban J connectivity index is 3.48. The maximum atomic E-state index is 13.0. The van der Waals surface area contributed by atoms with Gasteiger partial charge in [-0.3, -0.25) is 0 Å². The highest BCUT2D eigenvalue weighted by Crippen LogP contribution is 2.09. The highest BCUT2D eigenvalue weighted by Gasteiger charge is 2.04. The van der Waals surface area contributed by atoms with Gasteiger partial charge in [0, 0.05) is 11.8 Å². The summed E-state index contributed by atoms with van der Waals surface area (Å²) in [5.74, 6) is -0.450. The summed E-state index contributed by atoms with van der Waals surface area (Å²) in [6.45, 7) is 3.49. The van der Waals surface area contributed by atoms with Crippen LogP contribution in [-0.2, 0) is 0 Å². The van der Waals surface area contributed by atoms with E-state index < -0.39 is 5.82 Å². The molecule has 1 aromatic carbocycles. The summed E-state index contributed by atoms with van der Waals surface area (Å²) in [5.41, 5.74) is 1.10. The zero-order valence-electron chi connectivity index (χ0n) is 6.47. The van der Waals surface area contributed by atoms with Gasteiger partial charge in [0.05, 0.1) is 0 Å². The normalized spacial score (nSPS) is 9.42. The minimum atomic E-state index is -0.450. The van der Waals surface area contributed by atoms with Gasteiger partial charge < -0.3 is 5.41 Å². The monoisotopic (exact) mass is 159 g/mol. The smallest absolute Gasteiger partial charge is 0.132 e. The fourth-order valence-electron chi connectivity index (χ4n) is 1.00. The standard InChI is InChI=1S/C9H7BFN/c1-2-6-7(5-12)9(11)4-3-8(6)10/h2-5,12H,1H2. The second-order valence-electron chi connectivity index (χ2n) is 2.31. The van der Waals surface area contributed by atoms with E-state index in [2.05, 4.69) is 6.58 Å². The molecule has 0 bridgehead atoms. The van der Waals surface area contributed by atoms with E-state index >= 15 is 0 Å². The summed E-state index contributed by atoms with van der Waals surface area (Å²) in [7, 11) is 5.54. The molecule has 1 N–H and O–H groups in total. The number of rotatable bonds is 2. The maximum absolute atomic E-state index is 13.0. The zero-order valence-corrected chi connectivity index (χ0v) is 6.47. The molecule has 0 saturated carbocycles. The van der Waals surface area contributed by atoms with Crippen molar-refractivity contribution in [2.24, 2.45) is 0 Å². The predicted octanol–water partition coefficient (Wildman–Crippen LogP) is 1.26. The second kappa shape index (κ2) is 3.35. The number of halogens is 1. The van der Waals surface area contributed by atoms with Gasteiger partial charge in [0.1, 0.15) is 13.7 Å². The van der Waals surface area contributed by atoms with Gasteiger partial charge in [-0.25, -0.2) is 4.39 Å². The molecule has 12 heavy (non-hydrogen) atoms. The Bertz CT molecular complexity index is 301. The van der Waals surface area contributed by atoms with Crippen molar-refractivity contribution in [3.05, 3.63) is 35.7 Å². The largest absolute Gasteiger partial charge is 0.308 e. The van der Waals surface area contributed by atoms with E-state index in [1.165, 1.54) is 18.2 Å². The first-order valence-electron chi connectivity index (χ1n) is 3.41. The lowest BCUT2D eigenvalue weighted by atomic mass is 9.87. The SMILES string of the molecule is [B]c1ccc(F)c(C=N)c1C=C. The van der Waals surface area contributed by atoms with Gasteiger partial charge in [-0.15, -0.1) is 0 Å². The molecule has 1 nitrogen and oxygen atoms in total. The van der Waals surface area contributed by atoms with Crippen LogP contribution in [0.2, 0.25) is 0 Å². The summed E-state index contributed by atoms with van der Waals surface area (Å²) >= 11 is 0. The summed E-state index contributed by atoms with van der Waals surface area (Å²) in [4.78, 5) is 0. The van der Waals surface area contributed by atoms with Crippen molar-refractivity contribution in [3.8, 4) is 0 Å². The topological polar surface area (TPSA) is 23.9 Å². The van der Waals surface area contributed by atoms with Crippen LogP contribution in [0, 0.1) is 11.2 Å². The summed E-state index contributed by atoms with van der Waals surface area (Å²) < 4.78 is 13.0. The molecule has 0 aliphatic carbocycles. The van der Waals surface area contributed by atoms with E-state index in [1.807, 2.05) is 0 Å². The Morgan fingerprint density at radius 2 is 2.08 bits per heavy atom. The van der Waals surface area contributed by atoms with Crippen molar-refractivity contribution in [2.75, 3.05) is 0 Å². The van der Waals surface area contributed by atoms with E-state index in [0.717, 1.165) is 6.21 Å². The minimum absolute atomic E-state index is 0.185. The molecule has 0 aromatic heterocycles. The second-order valence-corrected chi connectivity index (χ2v) is 2.31. The fourth-order valence-corrected chi connectivity index (χ4v) is 1.00. The molecule has 0 aliphatic rings. The van der Waals surface area contributed by atoms with Crippen molar-refractivity contribution in [1.82, 2.24) is 0 Å². The highest BCUT2D eigenvalue weighted by atomic mass is 19.1. The summed E-state index contributed by atoms with van der Waals surface area (Å²) in [5, 5.41) is 6.96. The van der Waals surface area contributed by atoms with Gasteiger partial charge in [-0.2, -0.15) is 0 Å². The molecule has 0 heterocycles. The molecule has 2 radical (unpaired) electrons. The fraction of sp³-hybridized carbons (Fsp3) is 0. The van der Waals surface area contributed by atoms with Gasteiger partial charge in [-0.05, 0) is 11.6 Å². The van der Waals surface area contributed by atoms with Gasteiger partial charge in [-0.1, -0.05) is 24.2 Å². The first-order valence-corrected chi connectivity index (χ1v) is 3.41. The average Bonchev–Trinajstić information content (AvgIpc) is 2.08. The predicted molar refractivity (Wildman–Crippen MR) is 49.8 cm³/mol. The van der Waals surface area contributed by atoms with Crippen LogP contribution in [0.3, 0.4) is 0 Å². The first kappa shape index (κ1) is 8.72. The Morgan fingerprint density at radius 3 is 2.50 bits per heavy atom. The van der Waals surface area contributed by atoms with Crippen molar-refractivity contribution < 1.29 is 4.39 Å². The van der Waals surface area contributed by atoms with Crippen LogP contribution in [0.15, 0.2) is 18.7 Å². The number of benzene rings is 1. The van der Waals surface area contributed by atoms with Crippen molar-refractivity contribution in [3.63, 3.8) is 0 Å². The van der Waals surface area contributed by atoms with E-state index in [9.17, 15) is 4.39 Å². The van der Waals surface area contributed by atoms with E-state index in [-0.39, 0.29) is 5.56 Å². The minimum Gasteiger partial charge on any atom is -0.308 e. The first-order chi connectivity index (χ1) is 5.70. The average molecular weight is 159 g/mol. The van der Waals surface area contributed by atoms with Gasteiger partial charge in [0.2, 0.25) is 0 Å². The van der Waals surface area contributed by atoms with E-state index in [1.54, 1.807) is 0 Å². The van der Waals surface area contributed by atoms with Gasteiger partial charge in [0.25, 0.3) is 0 Å². The Morgan fingerprint density at radius 1 is 1.42 bits per heavy atom. The third kappa shape index (κ3) is 1.30. The zero-order chi connectivity index (χ0) is 9.14. The molecule has 58 valence electrons. The van der Waals surface area contributed by atoms with Crippen molar-refractivity contribution in [2.45, 2.75) is 0 Å². The third-order valence-electron chi connectivity index (χ3n) is 1.62. The Kier molecular flexibility index (Phi) is 2.43. The number of nitrogens with one attached hydrogen (secondary N) is 1. The third-order valence-corrected chi connectivity index (χ3v) is 1.62. The molecular formula is C9H7BFN. The molecule has 1 aromatic rings. The molecule has 0 aliphatic heterocycles. The van der Waals surface area contributed by atoms with Crippen LogP contribution < -0.4 is 5.46 Å². The van der Waals surface area contributed by atoms with Crippen LogP contribution in [0.1, 0.15) is 11.1 Å². The molecule has 0 unspecified atom stereocenters. The van der Waals surface area contributed by atoms with Gasteiger partial charge >= 0.3 is 0 Å². The summed E-state index contributed by atoms with van der Waals surface area (Å²) in [6, 6.07) is 2.70. The van der Waals surface area contributed by atoms with Crippen LogP contribution in [0.25, 0.3) is 6.08 Å². The molecule has 3 heteroatoms. The summed E-state index contributed by atoms with van der Waals surface area (Å²) in [6.07, 6.45) is 2.38. The lowest BCUT2D eigenvalue weighted by molar-refractivity contribution is 0.626. The van der Waals surface area contributed by atoms with Crippen LogP contribution in [0.5, 0.6) is 0 Å². The van der Waals surface area contributed by atoms with E-state index in [4.69, 9.17) is 13.3 Å². The number of hydrogen-bond acceptors (Lipinski definition) is 1. The van der Waals surface area contributed by atoms with Crippen LogP contribution in [-0.4, -0.2) is 14.1 Å². The van der Waals surface area contributed by atoms with Gasteiger partial charge in [0.15, 0.2) is 0 Å². The molecule has 0 spiro atoms. The van der Waals surface area contributed by atoms with Crippen molar-refractivity contribution >= 4 is 25.6 Å². The van der Waals surface area contributed by atoms with Crippen LogP contribution >= 0.6 is 0 Å². The quantitative estimate of drug-likeness (QED) is 0.496. The van der Waals surface area contributed by atoms with Crippen LogP contribution in [0.4, 0.5) is 4.39 Å².